The quantitative estimate of drug-likeness (QED) is 0.367. The molecule has 0 aliphatic heterocycles. The fraction of sp³-hybridized carbons (Fsp3) is 0.684. The summed E-state index contributed by atoms with van der Waals surface area (Å²) < 4.78 is 24.9. The lowest BCUT2D eigenvalue weighted by atomic mass is 10.1. The molecule has 0 amide bonds. The molecule has 0 heterocycles. The molecule has 1 aromatic rings. The first-order chi connectivity index (χ1) is 11.3. The fourth-order valence-electron chi connectivity index (χ4n) is 1.98. The maximum Gasteiger partial charge on any atom is 0.192 e. The van der Waals surface area contributed by atoms with Crippen molar-refractivity contribution in [3.63, 3.8) is 0 Å². The first kappa shape index (κ1) is 22.9. The highest BCUT2D eigenvalue weighted by Gasteiger charge is 2.38. The van der Waals surface area contributed by atoms with Gasteiger partial charge in [-0.1, -0.05) is 68.2 Å². The van der Waals surface area contributed by atoms with Crippen LogP contribution in [0.5, 0.6) is 0 Å². The van der Waals surface area contributed by atoms with E-state index in [1.165, 1.54) is 0 Å². The molecule has 0 aromatic heterocycles. The molecule has 0 aliphatic rings. The minimum Gasteiger partial charge on any atom is -0.415 e. The molecule has 1 rings (SSSR count). The van der Waals surface area contributed by atoms with E-state index < -0.39 is 18.0 Å². The van der Waals surface area contributed by atoms with Crippen molar-refractivity contribution < 1.29 is 8.63 Å². The first-order valence-corrected chi connectivity index (χ1v) is 14.5. The van der Waals surface area contributed by atoms with E-state index in [4.69, 9.17) is 8.79 Å². The van der Waals surface area contributed by atoms with Gasteiger partial charge in [0.05, 0.1) is 27.0 Å². The van der Waals surface area contributed by atoms with Crippen molar-refractivity contribution in [3.8, 4) is 0 Å². The molecule has 0 saturated carbocycles. The highest BCUT2D eigenvalue weighted by atomic mass is 79.9. The van der Waals surface area contributed by atoms with Crippen molar-refractivity contribution in [2.45, 2.75) is 70.6 Å². The second-order valence-electron chi connectivity index (χ2n) is 8.55. The summed E-state index contributed by atoms with van der Waals surface area (Å²) in [6.45, 7) is 18.0. The Morgan fingerprint density at radius 2 is 1.72 bits per heavy atom. The Labute approximate surface area is 164 Å². The second kappa shape index (κ2) is 8.68. The third-order valence-electron chi connectivity index (χ3n) is 5.03. The van der Waals surface area contributed by atoms with Gasteiger partial charge in [-0.25, -0.2) is 8.57 Å². The van der Waals surface area contributed by atoms with Gasteiger partial charge in [0.2, 0.25) is 0 Å². The molecule has 6 heteroatoms. The summed E-state index contributed by atoms with van der Waals surface area (Å²) in [5, 5.41) is 0.155. The Kier molecular flexibility index (Phi) is 7.94. The van der Waals surface area contributed by atoms with Crippen LogP contribution in [0.1, 0.15) is 40.2 Å². The molecule has 144 valence electrons. The van der Waals surface area contributed by atoms with Crippen molar-refractivity contribution >= 4 is 34.0 Å². The summed E-state index contributed by atoms with van der Waals surface area (Å²) in [5.74, 6) is 0.273. The summed E-state index contributed by atoms with van der Waals surface area (Å²) >= 11 is 3.43. The number of benzene rings is 1. The van der Waals surface area contributed by atoms with E-state index in [0.29, 0.717) is 11.3 Å². The largest absolute Gasteiger partial charge is 0.415 e. The molecule has 0 aliphatic carbocycles. The fourth-order valence-corrected chi connectivity index (χ4v) is 5.75. The summed E-state index contributed by atoms with van der Waals surface area (Å²) in [5.41, 5.74) is 1.15. The van der Waals surface area contributed by atoms with Crippen molar-refractivity contribution in [3.05, 3.63) is 29.8 Å². The van der Waals surface area contributed by atoms with E-state index in [-0.39, 0.29) is 17.0 Å². The van der Waals surface area contributed by atoms with Gasteiger partial charge < -0.3 is 4.43 Å². The molecule has 2 atom stereocenters. The van der Waals surface area contributed by atoms with E-state index in [9.17, 15) is 4.21 Å². The summed E-state index contributed by atoms with van der Waals surface area (Å²) in [6.07, 6.45) is 0. The van der Waals surface area contributed by atoms with Gasteiger partial charge in [0, 0.05) is 4.90 Å². The molecule has 0 N–H and O–H groups in total. The Morgan fingerprint density at radius 1 is 1.20 bits per heavy atom. The van der Waals surface area contributed by atoms with Crippen LogP contribution in [-0.4, -0.2) is 29.8 Å². The van der Waals surface area contributed by atoms with E-state index in [1.54, 1.807) is 0 Å². The molecule has 1 unspecified atom stereocenters. The van der Waals surface area contributed by atoms with Gasteiger partial charge in [-0.05, 0) is 43.1 Å². The van der Waals surface area contributed by atoms with Crippen molar-refractivity contribution in [2.24, 2.45) is 10.3 Å². The minimum absolute atomic E-state index is 0.0829. The Morgan fingerprint density at radius 3 is 2.12 bits per heavy atom. The average Bonchev–Trinajstić information content (AvgIpc) is 2.50. The minimum atomic E-state index is -2.49. The van der Waals surface area contributed by atoms with Crippen LogP contribution in [0.3, 0.4) is 0 Å². The van der Waals surface area contributed by atoms with Crippen LogP contribution in [0.4, 0.5) is 0 Å². The van der Waals surface area contributed by atoms with Gasteiger partial charge in [0.15, 0.2) is 8.32 Å². The van der Waals surface area contributed by atoms with Crippen LogP contribution in [0.2, 0.25) is 18.1 Å². The molecule has 1 aromatic carbocycles. The number of alkyl halides is 1. The molecule has 25 heavy (non-hydrogen) atoms. The van der Waals surface area contributed by atoms with E-state index in [1.807, 2.05) is 31.2 Å². The summed E-state index contributed by atoms with van der Waals surface area (Å²) in [7, 11) is -4.34. The molecule has 0 fully saturated rings. The van der Waals surface area contributed by atoms with Gasteiger partial charge in [-0.3, -0.25) is 0 Å². The molecule has 0 spiro atoms. The lowest BCUT2D eigenvalue weighted by molar-refractivity contribution is 0.240. The predicted octanol–water partition coefficient (Wildman–Crippen LogP) is 6.22. The van der Waals surface area contributed by atoms with E-state index >= 15 is 0 Å². The highest BCUT2D eigenvalue weighted by molar-refractivity contribution is 9.10. The molecule has 0 radical (unpaired) electrons. The van der Waals surface area contributed by atoms with Crippen LogP contribution in [0.15, 0.2) is 33.5 Å². The van der Waals surface area contributed by atoms with Crippen LogP contribution >= 0.6 is 15.9 Å². The van der Waals surface area contributed by atoms with Crippen LogP contribution in [0, 0.1) is 12.8 Å². The number of hydrogen-bond acceptors (Lipinski definition) is 3. The van der Waals surface area contributed by atoms with Gasteiger partial charge >= 0.3 is 0 Å². The molecule has 0 saturated heterocycles. The van der Waals surface area contributed by atoms with Crippen molar-refractivity contribution in [2.75, 3.05) is 11.3 Å². The average molecular weight is 449 g/mol. The molecular weight excluding hydrogens is 414 g/mol. The normalized spacial score (nSPS) is 16.6. The maximum atomic E-state index is 13.4. The standard InChI is InChI=1S/C19H34BrNO2SSi/c1-15(2)18(13-23-25(7,8)19(4,5)6)21-24(22,14-20)17-11-9-16(3)10-12-17/h9-12,15,18H,13-14H2,1-8H3/t18-,24?/m1/s1. The third-order valence-corrected chi connectivity index (χ3v) is 13.3. The monoisotopic (exact) mass is 447 g/mol. The first-order valence-electron chi connectivity index (χ1n) is 8.83. The lowest BCUT2D eigenvalue weighted by Gasteiger charge is -2.37. The SMILES string of the molecule is Cc1ccc(S(=O)(CBr)=N[C@H](CO[Si](C)(C)C(C)(C)C)C(C)C)cc1. The zero-order valence-electron chi connectivity index (χ0n) is 16.9. The summed E-state index contributed by atoms with van der Waals surface area (Å²) in [6, 6.07) is 7.75. The van der Waals surface area contributed by atoms with E-state index in [2.05, 4.69) is 63.6 Å². The third kappa shape index (κ3) is 6.19. The van der Waals surface area contributed by atoms with Crippen LogP contribution in [0.25, 0.3) is 0 Å². The van der Waals surface area contributed by atoms with Gasteiger partial charge in [-0.2, -0.15) is 0 Å². The number of halogens is 1. The molecule has 0 bridgehead atoms. The number of nitrogens with zero attached hydrogens (tertiary/aromatic N) is 1. The van der Waals surface area contributed by atoms with Gasteiger partial charge in [0.25, 0.3) is 0 Å². The van der Waals surface area contributed by atoms with Crippen molar-refractivity contribution in [1.82, 2.24) is 0 Å². The Balaban J connectivity index is 3.14. The van der Waals surface area contributed by atoms with E-state index in [0.717, 1.165) is 10.5 Å². The number of aryl methyl sites for hydroxylation is 1. The lowest BCUT2D eigenvalue weighted by Crippen LogP contribution is -2.43. The Bertz CT molecular complexity index is 672. The van der Waals surface area contributed by atoms with Crippen LogP contribution in [-0.2, 0) is 14.2 Å². The topological polar surface area (TPSA) is 38.7 Å². The maximum absolute atomic E-state index is 13.4. The van der Waals surface area contributed by atoms with Crippen LogP contribution < -0.4 is 0 Å². The van der Waals surface area contributed by atoms with Gasteiger partial charge in [0.1, 0.15) is 0 Å². The Hall–Kier alpha value is -0.173. The molecule has 3 nitrogen and oxygen atoms in total. The zero-order chi connectivity index (χ0) is 19.5. The predicted molar refractivity (Wildman–Crippen MR) is 116 cm³/mol. The smallest absolute Gasteiger partial charge is 0.192 e. The molecular formula is C19H34BrNO2SSi. The highest BCUT2D eigenvalue weighted by Crippen LogP contribution is 2.37. The van der Waals surface area contributed by atoms with Gasteiger partial charge in [-0.15, -0.1) is 0 Å². The number of rotatable bonds is 7. The zero-order valence-corrected chi connectivity index (χ0v) is 20.3. The second-order valence-corrected chi connectivity index (χ2v) is 16.9. The van der Waals surface area contributed by atoms with Crippen molar-refractivity contribution in [1.29, 1.82) is 0 Å². The summed E-state index contributed by atoms with van der Waals surface area (Å²) in [4.78, 5) is 0.785. The number of hydrogen-bond donors (Lipinski definition) is 0.